The molecule has 0 bridgehead atoms. The summed E-state index contributed by atoms with van der Waals surface area (Å²) in [6, 6.07) is 6.44. The summed E-state index contributed by atoms with van der Waals surface area (Å²) in [6.45, 7) is 6.17. The Hall–Kier alpha value is -2.19. The highest BCUT2D eigenvalue weighted by Crippen LogP contribution is 2.24. The maximum atomic E-state index is 13.8. The first-order valence-electron chi connectivity index (χ1n) is 6.91. The van der Waals surface area contributed by atoms with E-state index in [1.807, 2.05) is 26.8 Å². The third-order valence-electron chi connectivity index (χ3n) is 3.56. The van der Waals surface area contributed by atoms with Gasteiger partial charge in [0.15, 0.2) is 0 Å². The molecule has 0 fully saturated rings. The lowest BCUT2D eigenvalue weighted by Crippen LogP contribution is -2.22. The second kappa shape index (κ2) is 6.51. The van der Waals surface area contributed by atoms with Crippen LogP contribution in [0.4, 0.5) is 4.39 Å². The normalized spacial score (nSPS) is 12.1. The highest BCUT2D eigenvalue weighted by atomic mass is 19.1. The summed E-state index contributed by atoms with van der Waals surface area (Å²) < 4.78 is 19.0. The van der Waals surface area contributed by atoms with Crippen molar-refractivity contribution in [2.24, 2.45) is 0 Å². The Bertz CT molecular complexity index is 653. The highest BCUT2D eigenvalue weighted by Gasteiger charge is 2.19. The first-order valence-corrected chi connectivity index (χ1v) is 6.91. The molecule has 0 radical (unpaired) electrons. The molecule has 2 rings (SSSR count). The van der Waals surface area contributed by atoms with E-state index < -0.39 is 0 Å². The molecule has 1 unspecified atom stereocenters. The van der Waals surface area contributed by atoms with Gasteiger partial charge in [0.25, 0.3) is 0 Å². The number of aromatic nitrogens is 1. The summed E-state index contributed by atoms with van der Waals surface area (Å²) in [6.07, 6.45) is 0.836. The van der Waals surface area contributed by atoms with Gasteiger partial charge in [0.05, 0.1) is 17.3 Å². The van der Waals surface area contributed by atoms with Crippen LogP contribution in [-0.4, -0.2) is 5.16 Å². The molecule has 0 spiro atoms. The Morgan fingerprint density at radius 3 is 2.76 bits per heavy atom. The number of hydrogen-bond acceptors (Lipinski definition) is 4. The molecule has 0 aliphatic rings. The van der Waals surface area contributed by atoms with Gasteiger partial charge in [0, 0.05) is 23.7 Å². The van der Waals surface area contributed by atoms with Gasteiger partial charge in [-0.2, -0.15) is 5.26 Å². The SMILES string of the molecule is CCC(NCc1cc(C#N)ccc1F)c1c(C)noc1C. The minimum Gasteiger partial charge on any atom is -0.361 e. The zero-order chi connectivity index (χ0) is 15.4. The van der Waals surface area contributed by atoms with E-state index in [2.05, 4.69) is 10.5 Å². The van der Waals surface area contributed by atoms with Crippen LogP contribution in [0.15, 0.2) is 22.7 Å². The molecule has 110 valence electrons. The summed E-state index contributed by atoms with van der Waals surface area (Å²) in [5.74, 6) is 0.466. The Balaban J connectivity index is 2.16. The van der Waals surface area contributed by atoms with Crippen LogP contribution in [0.5, 0.6) is 0 Å². The van der Waals surface area contributed by atoms with Crippen molar-refractivity contribution in [3.63, 3.8) is 0 Å². The van der Waals surface area contributed by atoms with Crippen molar-refractivity contribution >= 4 is 0 Å². The predicted octanol–water partition coefficient (Wildman–Crippen LogP) is 3.54. The molecule has 1 aromatic heterocycles. The number of benzene rings is 1. The summed E-state index contributed by atoms with van der Waals surface area (Å²) in [4.78, 5) is 0. The monoisotopic (exact) mass is 287 g/mol. The van der Waals surface area contributed by atoms with E-state index in [1.165, 1.54) is 12.1 Å². The van der Waals surface area contributed by atoms with Gasteiger partial charge in [-0.1, -0.05) is 12.1 Å². The molecule has 1 aromatic carbocycles. The largest absolute Gasteiger partial charge is 0.361 e. The van der Waals surface area contributed by atoms with Gasteiger partial charge in [-0.25, -0.2) is 4.39 Å². The lowest BCUT2D eigenvalue weighted by molar-refractivity contribution is 0.389. The second-order valence-electron chi connectivity index (χ2n) is 5.00. The molecule has 0 saturated carbocycles. The Morgan fingerprint density at radius 1 is 1.43 bits per heavy atom. The van der Waals surface area contributed by atoms with Crippen molar-refractivity contribution in [2.45, 2.75) is 39.8 Å². The van der Waals surface area contributed by atoms with Gasteiger partial charge >= 0.3 is 0 Å². The number of nitrogens with one attached hydrogen (secondary N) is 1. The van der Waals surface area contributed by atoms with Gasteiger partial charge in [-0.3, -0.25) is 0 Å². The smallest absolute Gasteiger partial charge is 0.138 e. The number of hydrogen-bond donors (Lipinski definition) is 1. The molecular formula is C16H18FN3O. The standard InChI is InChI=1S/C16H18FN3O/c1-4-15(16-10(2)20-21-11(16)3)19-9-13-7-12(8-18)5-6-14(13)17/h5-7,15,19H,4,9H2,1-3H3. The third kappa shape index (κ3) is 3.29. The number of nitrogens with zero attached hydrogens (tertiary/aromatic N) is 2. The van der Waals surface area contributed by atoms with Gasteiger partial charge in [0.1, 0.15) is 11.6 Å². The van der Waals surface area contributed by atoms with E-state index in [0.29, 0.717) is 17.7 Å². The molecule has 1 N–H and O–H groups in total. The quantitative estimate of drug-likeness (QED) is 0.913. The summed E-state index contributed by atoms with van der Waals surface area (Å²) in [7, 11) is 0. The summed E-state index contributed by atoms with van der Waals surface area (Å²) in [5, 5.41) is 16.2. The fourth-order valence-corrected chi connectivity index (χ4v) is 2.45. The van der Waals surface area contributed by atoms with Crippen LogP contribution in [0.3, 0.4) is 0 Å². The van der Waals surface area contributed by atoms with Gasteiger partial charge in [-0.15, -0.1) is 0 Å². The van der Waals surface area contributed by atoms with Crippen LogP contribution in [0, 0.1) is 31.0 Å². The lowest BCUT2D eigenvalue weighted by Gasteiger charge is -2.17. The van der Waals surface area contributed by atoms with Crippen molar-refractivity contribution in [3.05, 3.63) is 52.2 Å². The van der Waals surface area contributed by atoms with Crippen LogP contribution in [0.2, 0.25) is 0 Å². The zero-order valence-corrected chi connectivity index (χ0v) is 12.4. The topological polar surface area (TPSA) is 61.9 Å². The maximum Gasteiger partial charge on any atom is 0.138 e. The number of nitriles is 1. The number of aryl methyl sites for hydroxylation is 2. The lowest BCUT2D eigenvalue weighted by atomic mass is 10.0. The minimum atomic E-state index is -0.310. The van der Waals surface area contributed by atoms with Crippen LogP contribution in [0.1, 0.15) is 47.5 Å². The molecule has 21 heavy (non-hydrogen) atoms. The highest BCUT2D eigenvalue weighted by molar-refractivity contribution is 5.34. The summed E-state index contributed by atoms with van der Waals surface area (Å²) >= 11 is 0. The van der Waals surface area contributed by atoms with Gasteiger partial charge < -0.3 is 9.84 Å². The van der Waals surface area contributed by atoms with E-state index in [4.69, 9.17) is 9.78 Å². The molecule has 2 aromatic rings. The average molecular weight is 287 g/mol. The van der Waals surface area contributed by atoms with Crippen LogP contribution in [0.25, 0.3) is 0 Å². The zero-order valence-electron chi connectivity index (χ0n) is 12.4. The van der Waals surface area contributed by atoms with E-state index >= 15 is 0 Å². The van der Waals surface area contributed by atoms with E-state index in [1.54, 1.807) is 6.07 Å². The number of halogens is 1. The fraction of sp³-hybridized carbons (Fsp3) is 0.375. The Labute approximate surface area is 123 Å². The van der Waals surface area contributed by atoms with Crippen LogP contribution >= 0.6 is 0 Å². The van der Waals surface area contributed by atoms with Crippen molar-refractivity contribution in [1.82, 2.24) is 10.5 Å². The summed E-state index contributed by atoms with van der Waals surface area (Å²) in [5.41, 5.74) is 2.81. The molecule has 0 aliphatic heterocycles. The Kier molecular flexibility index (Phi) is 4.71. The molecule has 0 aliphatic carbocycles. The molecule has 1 heterocycles. The van der Waals surface area contributed by atoms with Crippen LogP contribution in [-0.2, 0) is 6.54 Å². The van der Waals surface area contributed by atoms with Gasteiger partial charge in [-0.05, 0) is 38.5 Å². The van der Waals surface area contributed by atoms with Crippen molar-refractivity contribution in [3.8, 4) is 6.07 Å². The number of rotatable bonds is 5. The molecule has 5 heteroatoms. The molecule has 0 saturated heterocycles. The maximum absolute atomic E-state index is 13.8. The van der Waals surface area contributed by atoms with Gasteiger partial charge in [0.2, 0.25) is 0 Å². The minimum absolute atomic E-state index is 0.0430. The average Bonchev–Trinajstić information content (AvgIpc) is 2.81. The molecule has 0 amide bonds. The van der Waals surface area contributed by atoms with E-state index in [-0.39, 0.29) is 11.9 Å². The molecule has 4 nitrogen and oxygen atoms in total. The third-order valence-corrected chi connectivity index (χ3v) is 3.56. The molecule has 1 atom stereocenters. The first kappa shape index (κ1) is 15.2. The predicted molar refractivity (Wildman–Crippen MR) is 77.0 cm³/mol. The fourth-order valence-electron chi connectivity index (χ4n) is 2.45. The van der Waals surface area contributed by atoms with Crippen LogP contribution < -0.4 is 5.32 Å². The molecular weight excluding hydrogens is 269 g/mol. The second-order valence-corrected chi connectivity index (χ2v) is 5.00. The van der Waals surface area contributed by atoms with E-state index in [0.717, 1.165) is 23.4 Å². The van der Waals surface area contributed by atoms with E-state index in [9.17, 15) is 4.39 Å². The first-order chi connectivity index (χ1) is 10.1. The van der Waals surface area contributed by atoms with Crippen molar-refractivity contribution < 1.29 is 8.91 Å². The van der Waals surface area contributed by atoms with Crippen molar-refractivity contribution in [1.29, 1.82) is 5.26 Å². The Morgan fingerprint density at radius 2 is 2.19 bits per heavy atom. The van der Waals surface area contributed by atoms with Crippen molar-refractivity contribution in [2.75, 3.05) is 0 Å².